The second-order valence-electron chi connectivity index (χ2n) is 5.13. The van der Waals surface area contributed by atoms with Crippen LogP contribution in [0.15, 0.2) is 42.6 Å². The van der Waals surface area contributed by atoms with E-state index in [9.17, 15) is 9.59 Å². The van der Waals surface area contributed by atoms with Gasteiger partial charge in [0.15, 0.2) is 11.3 Å². The van der Waals surface area contributed by atoms with Gasteiger partial charge in [0.1, 0.15) is 0 Å². The quantitative estimate of drug-likeness (QED) is 0.674. The van der Waals surface area contributed by atoms with Gasteiger partial charge >= 0.3 is 5.97 Å². The third-order valence-electron chi connectivity index (χ3n) is 3.16. The minimum Gasteiger partial charge on any atom is -0.452 e. The van der Waals surface area contributed by atoms with E-state index < -0.39 is 18.0 Å². The second kappa shape index (κ2) is 7.74. The van der Waals surface area contributed by atoms with Gasteiger partial charge in [0.05, 0.1) is 12.1 Å². The van der Waals surface area contributed by atoms with Crippen molar-refractivity contribution in [2.24, 2.45) is 0 Å². The summed E-state index contributed by atoms with van der Waals surface area (Å²) in [6.07, 6.45) is 0.707. The summed E-state index contributed by atoms with van der Waals surface area (Å²) in [6, 6.07) is 10.8. The molecule has 2 rings (SSSR count). The third kappa shape index (κ3) is 5.07. The molecule has 1 aromatic carbocycles. The molecule has 1 atom stereocenters. The number of rotatable bonds is 5. The Balaban J connectivity index is 1.89. The lowest BCUT2D eigenvalue weighted by Gasteiger charge is -2.14. The first kappa shape index (κ1) is 17.0. The van der Waals surface area contributed by atoms with E-state index in [1.54, 1.807) is 12.1 Å². The van der Waals surface area contributed by atoms with Gasteiger partial charge in [0, 0.05) is 6.20 Å². The Morgan fingerprint density at radius 1 is 1.26 bits per heavy atom. The van der Waals surface area contributed by atoms with E-state index >= 15 is 0 Å². The predicted octanol–water partition coefficient (Wildman–Crippen LogP) is 3.16. The molecule has 1 heterocycles. The van der Waals surface area contributed by atoms with Crippen LogP contribution in [-0.4, -0.2) is 23.0 Å². The van der Waals surface area contributed by atoms with Gasteiger partial charge in [0.2, 0.25) is 0 Å². The maximum atomic E-state index is 12.0. The number of benzene rings is 1. The summed E-state index contributed by atoms with van der Waals surface area (Å²) >= 11 is 5.87. The first-order valence-electron chi connectivity index (χ1n) is 7.12. The Labute approximate surface area is 139 Å². The van der Waals surface area contributed by atoms with Crippen molar-refractivity contribution in [2.45, 2.75) is 26.4 Å². The van der Waals surface area contributed by atoms with Crippen LogP contribution in [-0.2, 0) is 20.7 Å². The number of hydrogen-bond acceptors (Lipinski definition) is 4. The summed E-state index contributed by atoms with van der Waals surface area (Å²) in [5.74, 6) is -0.925. The Morgan fingerprint density at radius 2 is 1.96 bits per heavy atom. The number of nitrogens with zero attached hydrogens (tertiary/aromatic N) is 1. The smallest absolute Gasteiger partial charge is 0.311 e. The fourth-order valence-electron chi connectivity index (χ4n) is 1.88. The molecule has 0 aliphatic carbocycles. The molecular formula is C17H17ClN2O3. The zero-order chi connectivity index (χ0) is 16.8. The van der Waals surface area contributed by atoms with Crippen LogP contribution in [0.4, 0.5) is 5.69 Å². The Hall–Kier alpha value is -2.40. The van der Waals surface area contributed by atoms with E-state index in [1.807, 2.05) is 31.2 Å². The highest BCUT2D eigenvalue weighted by molar-refractivity contribution is 6.32. The first-order chi connectivity index (χ1) is 11.0. The molecule has 0 unspecified atom stereocenters. The number of hydrogen-bond donors (Lipinski definition) is 1. The number of aromatic nitrogens is 1. The molecule has 5 nitrogen and oxygen atoms in total. The molecule has 2 aromatic rings. The molecule has 1 amide bonds. The Kier molecular flexibility index (Phi) is 5.71. The molecule has 0 saturated heterocycles. The Bertz CT molecular complexity index is 701. The minimum atomic E-state index is -0.927. The summed E-state index contributed by atoms with van der Waals surface area (Å²) in [6.45, 7) is 3.48. The number of carbonyl (C=O) groups is 2. The number of amides is 1. The van der Waals surface area contributed by atoms with Crippen molar-refractivity contribution >= 4 is 29.2 Å². The molecule has 6 heteroatoms. The normalized spacial score (nSPS) is 11.6. The average molecular weight is 333 g/mol. The van der Waals surface area contributed by atoms with Crippen LogP contribution < -0.4 is 5.32 Å². The molecule has 1 N–H and O–H groups in total. The highest BCUT2D eigenvalue weighted by atomic mass is 35.5. The fourth-order valence-corrected chi connectivity index (χ4v) is 2.05. The van der Waals surface area contributed by atoms with Crippen molar-refractivity contribution in [3.8, 4) is 0 Å². The monoisotopic (exact) mass is 332 g/mol. The van der Waals surface area contributed by atoms with Gasteiger partial charge in [-0.1, -0.05) is 41.4 Å². The van der Waals surface area contributed by atoms with Gasteiger partial charge < -0.3 is 10.1 Å². The van der Waals surface area contributed by atoms with Crippen molar-refractivity contribution in [1.82, 2.24) is 4.98 Å². The first-order valence-corrected chi connectivity index (χ1v) is 7.50. The van der Waals surface area contributed by atoms with Gasteiger partial charge in [-0.25, -0.2) is 4.98 Å². The summed E-state index contributed by atoms with van der Waals surface area (Å²) in [5.41, 5.74) is 2.33. The number of esters is 1. The molecule has 23 heavy (non-hydrogen) atoms. The standard InChI is InChI=1S/C17H17ClN2O3/c1-11-5-7-13(8-6-11)10-15(21)23-12(2)17(22)20-14-4-3-9-19-16(14)18/h3-9,12H,10H2,1-2H3,(H,20,22)/t12-/m1/s1. The predicted molar refractivity (Wildman–Crippen MR) is 88.3 cm³/mol. The number of halogens is 1. The topological polar surface area (TPSA) is 68.3 Å². The summed E-state index contributed by atoms with van der Waals surface area (Å²) < 4.78 is 5.14. The number of pyridine rings is 1. The van der Waals surface area contributed by atoms with E-state index in [0.717, 1.165) is 11.1 Å². The van der Waals surface area contributed by atoms with Crippen LogP contribution >= 0.6 is 11.6 Å². The van der Waals surface area contributed by atoms with Crippen LogP contribution in [0, 0.1) is 6.92 Å². The van der Waals surface area contributed by atoms with E-state index in [-0.39, 0.29) is 11.6 Å². The number of carbonyl (C=O) groups excluding carboxylic acids is 2. The van der Waals surface area contributed by atoms with Crippen molar-refractivity contribution in [1.29, 1.82) is 0 Å². The molecule has 0 spiro atoms. The molecule has 0 aliphatic rings. The summed E-state index contributed by atoms with van der Waals surface area (Å²) in [4.78, 5) is 27.8. The average Bonchev–Trinajstić information content (AvgIpc) is 2.51. The van der Waals surface area contributed by atoms with Crippen molar-refractivity contribution in [2.75, 3.05) is 5.32 Å². The van der Waals surface area contributed by atoms with Crippen LogP contribution in [0.2, 0.25) is 5.15 Å². The van der Waals surface area contributed by atoms with Crippen LogP contribution in [0.1, 0.15) is 18.1 Å². The minimum absolute atomic E-state index is 0.117. The van der Waals surface area contributed by atoms with E-state index in [4.69, 9.17) is 16.3 Å². The van der Waals surface area contributed by atoms with E-state index in [2.05, 4.69) is 10.3 Å². The maximum Gasteiger partial charge on any atom is 0.311 e. The van der Waals surface area contributed by atoms with E-state index in [1.165, 1.54) is 13.1 Å². The molecule has 0 radical (unpaired) electrons. The van der Waals surface area contributed by atoms with Gasteiger partial charge in [-0.05, 0) is 31.5 Å². The molecule has 1 aromatic heterocycles. The lowest BCUT2D eigenvalue weighted by molar-refractivity contribution is -0.152. The largest absolute Gasteiger partial charge is 0.452 e. The molecule has 0 saturated carbocycles. The van der Waals surface area contributed by atoms with Gasteiger partial charge in [-0.15, -0.1) is 0 Å². The van der Waals surface area contributed by atoms with Crippen LogP contribution in [0.3, 0.4) is 0 Å². The molecule has 120 valence electrons. The third-order valence-corrected chi connectivity index (χ3v) is 3.46. The summed E-state index contributed by atoms with van der Waals surface area (Å²) in [5, 5.41) is 2.76. The lowest BCUT2D eigenvalue weighted by atomic mass is 10.1. The maximum absolute atomic E-state index is 12.0. The molecular weight excluding hydrogens is 316 g/mol. The summed E-state index contributed by atoms with van der Waals surface area (Å²) in [7, 11) is 0. The Morgan fingerprint density at radius 3 is 2.61 bits per heavy atom. The number of ether oxygens (including phenoxy) is 1. The van der Waals surface area contributed by atoms with Gasteiger partial charge in [0.25, 0.3) is 5.91 Å². The fraction of sp³-hybridized carbons (Fsp3) is 0.235. The van der Waals surface area contributed by atoms with Gasteiger partial charge in [-0.2, -0.15) is 0 Å². The van der Waals surface area contributed by atoms with Crippen molar-refractivity contribution < 1.29 is 14.3 Å². The number of nitrogens with one attached hydrogen (secondary N) is 1. The zero-order valence-corrected chi connectivity index (χ0v) is 13.6. The van der Waals surface area contributed by atoms with E-state index in [0.29, 0.717) is 5.69 Å². The highest BCUT2D eigenvalue weighted by Crippen LogP contribution is 2.17. The SMILES string of the molecule is Cc1ccc(CC(=O)O[C@H](C)C(=O)Nc2cccnc2Cl)cc1. The number of anilines is 1. The van der Waals surface area contributed by atoms with Crippen molar-refractivity contribution in [3.05, 3.63) is 58.9 Å². The molecule has 0 fully saturated rings. The van der Waals surface area contributed by atoms with Gasteiger partial charge in [-0.3, -0.25) is 9.59 Å². The highest BCUT2D eigenvalue weighted by Gasteiger charge is 2.19. The lowest BCUT2D eigenvalue weighted by Crippen LogP contribution is -2.30. The van der Waals surface area contributed by atoms with Crippen LogP contribution in [0.25, 0.3) is 0 Å². The molecule has 0 aliphatic heterocycles. The second-order valence-corrected chi connectivity index (χ2v) is 5.48. The van der Waals surface area contributed by atoms with Crippen molar-refractivity contribution in [3.63, 3.8) is 0 Å². The molecule has 0 bridgehead atoms. The number of aryl methyl sites for hydroxylation is 1. The zero-order valence-electron chi connectivity index (χ0n) is 12.9. The van der Waals surface area contributed by atoms with Crippen LogP contribution in [0.5, 0.6) is 0 Å².